The van der Waals surface area contributed by atoms with Gasteiger partial charge in [-0.05, 0) is 37.6 Å². The summed E-state index contributed by atoms with van der Waals surface area (Å²) in [4.78, 5) is 4.43. The Kier molecular flexibility index (Phi) is 2.08. The summed E-state index contributed by atoms with van der Waals surface area (Å²) in [6.45, 7) is 3.90. The van der Waals surface area contributed by atoms with Gasteiger partial charge in [-0.25, -0.2) is 0 Å². The summed E-state index contributed by atoms with van der Waals surface area (Å²) in [5, 5.41) is 1.72. The van der Waals surface area contributed by atoms with Crippen molar-refractivity contribution < 1.29 is 0 Å². The third-order valence-electron chi connectivity index (χ3n) is 2.30. The van der Waals surface area contributed by atoms with E-state index in [0.717, 1.165) is 27.2 Å². The summed E-state index contributed by atoms with van der Waals surface area (Å²) >= 11 is 5.95. The molecule has 0 amide bonds. The molecule has 0 aliphatic rings. The van der Waals surface area contributed by atoms with Gasteiger partial charge in [0.15, 0.2) is 0 Å². The van der Waals surface area contributed by atoms with Crippen LogP contribution in [0.15, 0.2) is 18.2 Å². The van der Waals surface area contributed by atoms with E-state index in [4.69, 9.17) is 17.3 Å². The monoisotopic (exact) mass is 206 g/mol. The van der Waals surface area contributed by atoms with Crippen molar-refractivity contribution in [3.05, 3.63) is 34.5 Å². The molecule has 0 saturated heterocycles. The minimum Gasteiger partial charge on any atom is -0.397 e. The molecule has 0 spiro atoms. The fraction of sp³-hybridized carbons (Fsp3) is 0.182. The number of nitrogens with two attached hydrogens (primary N) is 1. The molecule has 72 valence electrons. The molecule has 1 heterocycles. The number of aromatic nitrogens is 1. The molecule has 0 radical (unpaired) electrons. The topological polar surface area (TPSA) is 38.9 Å². The Balaban J connectivity index is 2.89. The summed E-state index contributed by atoms with van der Waals surface area (Å²) < 4.78 is 0. The highest BCUT2D eigenvalue weighted by atomic mass is 35.5. The van der Waals surface area contributed by atoms with Crippen LogP contribution in [0.1, 0.15) is 11.3 Å². The summed E-state index contributed by atoms with van der Waals surface area (Å²) in [6, 6.07) is 5.70. The lowest BCUT2D eigenvalue weighted by molar-refractivity contribution is 1.25. The molecule has 1 aromatic heterocycles. The first kappa shape index (κ1) is 9.28. The molecule has 0 atom stereocenters. The van der Waals surface area contributed by atoms with Crippen molar-refractivity contribution >= 4 is 28.2 Å². The molecule has 2 aromatic rings. The van der Waals surface area contributed by atoms with E-state index in [2.05, 4.69) is 4.98 Å². The number of fused-ring (bicyclic) bond motifs is 1. The van der Waals surface area contributed by atoms with Crippen LogP contribution in [-0.4, -0.2) is 4.98 Å². The van der Waals surface area contributed by atoms with Crippen LogP contribution in [0, 0.1) is 13.8 Å². The van der Waals surface area contributed by atoms with Gasteiger partial charge in [-0.1, -0.05) is 11.6 Å². The number of pyridine rings is 1. The largest absolute Gasteiger partial charge is 0.397 e. The van der Waals surface area contributed by atoms with Crippen molar-refractivity contribution in [2.45, 2.75) is 13.8 Å². The molecule has 2 rings (SSSR count). The van der Waals surface area contributed by atoms with Crippen LogP contribution in [-0.2, 0) is 0 Å². The number of anilines is 1. The van der Waals surface area contributed by atoms with Crippen LogP contribution in [0.25, 0.3) is 10.9 Å². The Labute approximate surface area is 87.7 Å². The SMILES string of the molecule is Cc1nc2c(C)cc(Cl)cc2cc1N. The van der Waals surface area contributed by atoms with Crippen molar-refractivity contribution in [3.63, 3.8) is 0 Å². The minimum atomic E-state index is 0.708. The number of rotatable bonds is 0. The smallest absolute Gasteiger partial charge is 0.0737 e. The predicted molar refractivity (Wildman–Crippen MR) is 60.6 cm³/mol. The molecule has 2 nitrogen and oxygen atoms in total. The Bertz CT molecular complexity index is 506. The average Bonchev–Trinajstić information content (AvgIpc) is 2.08. The molecule has 14 heavy (non-hydrogen) atoms. The molecule has 0 fully saturated rings. The molecule has 3 heteroatoms. The number of hydrogen-bond donors (Lipinski definition) is 1. The van der Waals surface area contributed by atoms with Crippen LogP contribution in [0.4, 0.5) is 5.69 Å². The second kappa shape index (κ2) is 3.14. The van der Waals surface area contributed by atoms with Crippen molar-refractivity contribution in [1.82, 2.24) is 4.98 Å². The predicted octanol–water partition coefficient (Wildman–Crippen LogP) is 3.09. The number of halogens is 1. The zero-order valence-electron chi connectivity index (χ0n) is 8.13. The molecule has 1 aromatic carbocycles. The molecule has 0 saturated carbocycles. The third-order valence-corrected chi connectivity index (χ3v) is 2.52. The second-order valence-electron chi connectivity index (χ2n) is 3.46. The minimum absolute atomic E-state index is 0.708. The molecule has 0 bridgehead atoms. The Morgan fingerprint density at radius 1 is 1.21 bits per heavy atom. The van der Waals surface area contributed by atoms with Gasteiger partial charge in [0, 0.05) is 10.4 Å². The fourth-order valence-corrected chi connectivity index (χ4v) is 1.81. The summed E-state index contributed by atoms with van der Waals surface area (Å²) in [6.07, 6.45) is 0. The van der Waals surface area contributed by atoms with Gasteiger partial charge in [0.1, 0.15) is 0 Å². The lowest BCUT2D eigenvalue weighted by atomic mass is 10.1. The number of nitrogens with zero attached hydrogens (tertiary/aromatic N) is 1. The highest BCUT2D eigenvalue weighted by Crippen LogP contribution is 2.24. The van der Waals surface area contributed by atoms with E-state index in [1.165, 1.54) is 0 Å². The second-order valence-corrected chi connectivity index (χ2v) is 3.89. The van der Waals surface area contributed by atoms with E-state index in [1.807, 2.05) is 32.0 Å². The van der Waals surface area contributed by atoms with Gasteiger partial charge in [0.2, 0.25) is 0 Å². The first-order valence-electron chi connectivity index (χ1n) is 4.41. The van der Waals surface area contributed by atoms with Crippen molar-refractivity contribution in [2.24, 2.45) is 0 Å². The van der Waals surface area contributed by atoms with Gasteiger partial charge in [-0.2, -0.15) is 0 Å². The maximum Gasteiger partial charge on any atom is 0.0737 e. The van der Waals surface area contributed by atoms with Gasteiger partial charge in [-0.3, -0.25) is 4.98 Å². The standard InChI is InChI=1S/C11H11ClN2/c1-6-3-9(12)4-8-5-10(13)7(2)14-11(6)8/h3-5H,13H2,1-2H3. The lowest BCUT2D eigenvalue weighted by Gasteiger charge is -2.05. The van der Waals surface area contributed by atoms with Crippen LogP contribution < -0.4 is 5.73 Å². The maximum absolute atomic E-state index is 5.95. The molecule has 2 N–H and O–H groups in total. The maximum atomic E-state index is 5.95. The number of aryl methyl sites for hydroxylation is 2. The highest BCUT2D eigenvalue weighted by Gasteiger charge is 2.03. The normalized spacial score (nSPS) is 10.8. The van der Waals surface area contributed by atoms with Crippen LogP contribution in [0.2, 0.25) is 5.02 Å². The van der Waals surface area contributed by atoms with Crippen LogP contribution >= 0.6 is 11.6 Å². The van der Waals surface area contributed by atoms with E-state index in [9.17, 15) is 0 Å². The van der Waals surface area contributed by atoms with Gasteiger partial charge >= 0.3 is 0 Å². The highest BCUT2D eigenvalue weighted by molar-refractivity contribution is 6.31. The van der Waals surface area contributed by atoms with E-state index in [-0.39, 0.29) is 0 Å². The first-order chi connectivity index (χ1) is 6.58. The summed E-state index contributed by atoms with van der Waals surface area (Å²) in [5.41, 5.74) is 9.40. The third kappa shape index (κ3) is 1.42. The number of benzene rings is 1. The number of hydrogen-bond acceptors (Lipinski definition) is 2. The van der Waals surface area contributed by atoms with Gasteiger partial charge in [0.25, 0.3) is 0 Å². The Hall–Kier alpha value is -1.28. The average molecular weight is 207 g/mol. The molecule has 0 aliphatic carbocycles. The zero-order valence-corrected chi connectivity index (χ0v) is 8.89. The van der Waals surface area contributed by atoms with E-state index < -0.39 is 0 Å². The van der Waals surface area contributed by atoms with Crippen LogP contribution in [0.5, 0.6) is 0 Å². The van der Waals surface area contributed by atoms with Crippen molar-refractivity contribution in [1.29, 1.82) is 0 Å². The lowest BCUT2D eigenvalue weighted by Crippen LogP contribution is -1.94. The van der Waals surface area contributed by atoms with Crippen molar-refractivity contribution in [2.75, 3.05) is 5.73 Å². The van der Waals surface area contributed by atoms with Crippen LogP contribution in [0.3, 0.4) is 0 Å². The molecular formula is C11H11ClN2. The Morgan fingerprint density at radius 3 is 2.64 bits per heavy atom. The van der Waals surface area contributed by atoms with Crippen molar-refractivity contribution in [3.8, 4) is 0 Å². The van der Waals surface area contributed by atoms with E-state index in [0.29, 0.717) is 5.69 Å². The molecular weight excluding hydrogens is 196 g/mol. The van der Waals surface area contributed by atoms with E-state index in [1.54, 1.807) is 0 Å². The van der Waals surface area contributed by atoms with Gasteiger partial charge < -0.3 is 5.73 Å². The summed E-state index contributed by atoms with van der Waals surface area (Å²) in [5.74, 6) is 0. The van der Waals surface area contributed by atoms with E-state index >= 15 is 0 Å². The first-order valence-corrected chi connectivity index (χ1v) is 4.78. The Morgan fingerprint density at radius 2 is 1.93 bits per heavy atom. The quantitative estimate of drug-likeness (QED) is 0.720. The van der Waals surface area contributed by atoms with Gasteiger partial charge in [-0.15, -0.1) is 0 Å². The molecule has 0 unspecified atom stereocenters. The summed E-state index contributed by atoms with van der Waals surface area (Å²) in [7, 11) is 0. The van der Waals surface area contributed by atoms with Gasteiger partial charge in [0.05, 0.1) is 16.9 Å². The molecule has 0 aliphatic heterocycles. The zero-order chi connectivity index (χ0) is 10.3. The number of nitrogen functional groups attached to an aromatic ring is 1. The fourth-order valence-electron chi connectivity index (χ4n) is 1.53.